The van der Waals surface area contributed by atoms with Gasteiger partial charge in [-0.2, -0.15) is 8.78 Å². The van der Waals surface area contributed by atoms with Gasteiger partial charge in [0.25, 0.3) is 0 Å². The summed E-state index contributed by atoms with van der Waals surface area (Å²) in [7, 11) is 0. The quantitative estimate of drug-likeness (QED) is 0.727. The summed E-state index contributed by atoms with van der Waals surface area (Å²) in [5.41, 5.74) is 0.554. The Kier molecular flexibility index (Phi) is 4.10. The van der Waals surface area contributed by atoms with Crippen LogP contribution in [-0.4, -0.2) is 19.2 Å². The van der Waals surface area contributed by atoms with Crippen molar-refractivity contribution in [2.24, 2.45) is 0 Å². The third kappa shape index (κ3) is 2.85. The van der Waals surface area contributed by atoms with Gasteiger partial charge in [-0.25, -0.2) is 0 Å². The first kappa shape index (κ1) is 12.3. The SMILES string of the molecule is CC(C=O)c1ccc(C=O)cc1OC(F)F. The topological polar surface area (TPSA) is 43.4 Å². The summed E-state index contributed by atoms with van der Waals surface area (Å²) in [6.07, 6.45) is 1.14. The highest BCUT2D eigenvalue weighted by Gasteiger charge is 2.15. The summed E-state index contributed by atoms with van der Waals surface area (Å²) in [5, 5.41) is 0. The van der Waals surface area contributed by atoms with Crippen LogP contribution in [0.25, 0.3) is 0 Å². The van der Waals surface area contributed by atoms with E-state index in [1.807, 2.05) is 0 Å². The average molecular weight is 228 g/mol. The Morgan fingerprint density at radius 2 is 2.00 bits per heavy atom. The van der Waals surface area contributed by atoms with Crippen molar-refractivity contribution in [3.05, 3.63) is 29.3 Å². The van der Waals surface area contributed by atoms with E-state index in [2.05, 4.69) is 4.74 Å². The number of halogens is 2. The van der Waals surface area contributed by atoms with Gasteiger partial charge in [-0.05, 0) is 6.07 Å². The first-order valence-electron chi connectivity index (χ1n) is 4.57. The van der Waals surface area contributed by atoms with Gasteiger partial charge in [0.15, 0.2) is 0 Å². The molecule has 3 nitrogen and oxygen atoms in total. The van der Waals surface area contributed by atoms with E-state index in [4.69, 9.17) is 0 Å². The molecule has 1 aromatic carbocycles. The fourth-order valence-corrected chi connectivity index (χ4v) is 1.27. The van der Waals surface area contributed by atoms with Crippen molar-refractivity contribution >= 4 is 12.6 Å². The van der Waals surface area contributed by atoms with Gasteiger partial charge in [0, 0.05) is 17.0 Å². The molecule has 0 aliphatic heterocycles. The smallest absolute Gasteiger partial charge is 0.387 e. The predicted molar refractivity (Wildman–Crippen MR) is 52.9 cm³/mol. The molecule has 0 N–H and O–H groups in total. The second kappa shape index (κ2) is 5.34. The zero-order chi connectivity index (χ0) is 12.1. The van der Waals surface area contributed by atoms with Crippen LogP contribution in [0.1, 0.15) is 28.8 Å². The summed E-state index contributed by atoms with van der Waals surface area (Å²) < 4.78 is 28.5. The number of alkyl halides is 2. The van der Waals surface area contributed by atoms with Crippen LogP contribution in [0, 0.1) is 0 Å². The minimum absolute atomic E-state index is 0.140. The minimum Gasteiger partial charge on any atom is -0.434 e. The standard InChI is InChI=1S/C11H10F2O3/c1-7(5-14)9-3-2-8(6-15)4-10(9)16-11(12)13/h2-7,11H,1H3. The maximum Gasteiger partial charge on any atom is 0.387 e. The molecule has 5 heteroatoms. The first-order chi connectivity index (χ1) is 7.58. The van der Waals surface area contributed by atoms with Crippen LogP contribution in [0.4, 0.5) is 8.78 Å². The molecule has 0 saturated heterocycles. The van der Waals surface area contributed by atoms with E-state index >= 15 is 0 Å². The Hall–Kier alpha value is -1.78. The van der Waals surface area contributed by atoms with Crippen molar-refractivity contribution in [3.63, 3.8) is 0 Å². The maximum atomic E-state index is 12.1. The molecule has 0 radical (unpaired) electrons. The first-order valence-corrected chi connectivity index (χ1v) is 4.57. The Morgan fingerprint density at radius 1 is 1.31 bits per heavy atom. The molecule has 1 rings (SSSR count). The van der Waals surface area contributed by atoms with Crippen LogP contribution in [0.3, 0.4) is 0 Å². The van der Waals surface area contributed by atoms with Crippen LogP contribution in [0.5, 0.6) is 5.75 Å². The van der Waals surface area contributed by atoms with E-state index in [1.165, 1.54) is 18.2 Å². The zero-order valence-corrected chi connectivity index (χ0v) is 8.52. The van der Waals surface area contributed by atoms with Crippen LogP contribution < -0.4 is 4.74 Å². The summed E-state index contributed by atoms with van der Waals surface area (Å²) >= 11 is 0. The number of hydrogen-bond acceptors (Lipinski definition) is 3. The van der Waals surface area contributed by atoms with E-state index in [1.54, 1.807) is 6.92 Å². The van der Waals surface area contributed by atoms with Crippen molar-refractivity contribution in [1.82, 2.24) is 0 Å². The number of hydrogen-bond donors (Lipinski definition) is 0. The molecule has 0 heterocycles. The zero-order valence-electron chi connectivity index (χ0n) is 8.52. The van der Waals surface area contributed by atoms with E-state index in [9.17, 15) is 18.4 Å². The molecule has 0 bridgehead atoms. The lowest BCUT2D eigenvalue weighted by Crippen LogP contribution is -2.07. The molecule has 86 valence electrons. The monoisotopic (exact) mass is 228 g/mol. The van der Waals surface area contributed by atoms with Gasteiger partial charge in [-0.1, -0.05) is 19.1 Å². The fourth-order valence-electron chi connectivity index (χ4n) is 1.27. The van der Waals surface area contributed by atoms with Crippen LogP contribution in [-0.2, 0) is 4.79 Å². The van der Waals surface area contributed by atoms with Crippen molar-refractivity contribution in [2.45, 2.75) is 19.5 Å². The molecule has 0 spiro atoms. The molecule has 0 aliphatic carbocycles. The molecule has 1 unspecified atom stereocenters. The van der Waals surface area contributed by atoms with Crippen molar-refractivity contribution in [1.29, 1.82) is 0 Å². The van der Waals surface area contributed by atoms with Gasteiger partial charge in [0.05, 0.1) is 0 Å². The van der Waals surface area contributed by atoms with Gasteiger partial charge in [0.2, 0.25) is 0 Å². The number of carbonyl (C=O) groups is 2. The lowest BCUT2D eigenvalue weighted by molar-refractivity contribution is -0.108. The van der Waals surface area contributed by atoms with Crippen LogP contribution >= 0.6 is 0 Å². The van der Waals surface area contributed by atoms with E-state index in [0.29, 0.717) is 18.1 Å². The molecule has 1 aromatic rings. The lowest BCUT2D eigenvalue weighted by Gasteiger charge is -2.12. The molecule has 0 amide bonds. The molecule has 0 aliphatic rings. The normalized spacial score (nSPS) is 12.2. The molecular weight excluding hydrogens is 218 g/mol. The molecule has 0 fully saturated rings. The minimum atomic E-state index is -2.99. The summed E-state index contributed by atoms with van der Waals surface area (Å²) in [6.45, 7) is -1.43. The maximum absolute atomic E-state index is 12.1. The van der Waals surface area contributed by atoms with E-state index in [0.717, 1.165) is 0 Å². The molecule has 0 saturated carbocycles. The Labute approximate surface area is 91.0 Å². The fraction of sp³-hybridized carbons (Fsp3) is 0.273. The summed E-state index contributed by atoms with van der Waals surface area (Å²) in [5.74, 6) is -0.700. The number of ether oxygens (including phenoxy) is 1. The molecule has 0 aromatic heterocycles. The number of rotatable bonds is 5. The van der Waals surface area contributed by atoms with Crippen molar-refractivity contribution < 1.29 is 23.1 Å². The summed E-state index contributed by atoms with van der Waals surface area (Å²) in [4.78, 5) is 21.1. The van der Waals surface area contributed by atoms with E-state index < -0.39 is 12.5 Å². The average Bonchev–Trinajstić information content (AvgIpc) is 2.27. The van der Waals surface area contributed by atoms with E-state index in [-0.39, 0.29) is 11.3 Å². The molecule has 1 atom stereocenters. The highest BCUT2D eigenvalue weighted by Crippen LogP contribution is 2.27. The van der Waals surface area contributed by atoms with Crippen LogP contribution in [0.2, 0.25) is 0 Å². The Balaban J connectivity index is 3.15. The predicted octanol–water partition coefficient (Wildman–Crippen LogP) is 2.40. The van der Waals surface area contributed by atoms with Crippen molar-refractivity contribution in [3.8, 4) is 5.75 Å². The van der Waals surface area contributed by atoms with Crippen molar-refractivity contribution in [2.75, 3.05) is 0 Å². The number of aldehydes is 2. The van der Waals surface area contributed by atoms with Gasteiger partial charge in [-0.15, -0.1) is 0 Å². The number of carbonyl (C=O) groups excluding carboxylic acids is 2. The molecular formula is C11H10F2O3. The van der Waals surface area contributed by atoms with Crippen LogP contribution in [0.15, 0.2) is 18.2 Å². The largest absolute Gasteiger partial charge is 0.434 e. The van der Waals surface area contributed by atoms with Gasteiger partial charge >= 0.3 is 6.61 Å². The second-order valence-electron chi connectivity index (χ2n) is 3.22. The highest BCUT2D eigenvalue weighted by molar-refractivity contribution is 5.76. The third-order valence-electron chi connectivity index (χ3n) is 2.08. The van der Waals surface area contributed by atoms with Gasteiger partial charge < -0.3 is 9.53 Å². The van der Waals surface area contributed by atoms with Gasteiger partial charge in [-0.3, -0.25) is 4.79 Å². The second-order valence-corrected chi connectivity index (χ2v) is 3.22. The lowest BCUT2D eigenvalue weighted by atomic mass is 10.00. The summed E-state index contributed by atoms with van der Waals surface area (Å²) in [6, 6.07) is 4.07. The van der Waals surface area contributed by atoms with Gasteiger partial charge in [0.1, 0.15) is 18.3 Å². The highest BCUT2D eigenvalue weighted by atomic mass is 19.3. The number of benzene rings is 1. The third-order valence-corrected chi connectivity index (χ3v) is 2.08. The Morgan fingerprint density at radius 3 is 2.50 bits per heavy atom. The Bertz CT molecular complexity index is 391. The molecule has 16 heavy (non-hydrogen) atoms.